The van der Waals surface area contributed by atoms with E-state index >= 15 is 0 Å². The van der Waals surface area contributed by atoms with Crippen molar-refractivity contribution in [1.29, 1.82) is 0 Å². The molecule has 0 aliphatic carbocycles. The summed E-state index contributed by atoms with van der Waals surface area (Å²) in [6, 6.07) is 21.5. The van der Waals surface area contributed by atoms with Gasteiger partial charge in [0.05, 0.1) is 18.1 Å². The van der Waals surface area contributed by atoms with Crippen LogP contribution in [0, 0.1) is 6.07 Å². The molecule has 2 N–H and O–H groups in total. The van der Waals surface area contributed by atoms with Crippen molar-refractivity contribution < 1.29 is 9.53 Å². The number of fused-ring (bicyclic) bond motifs is 3. The van der Waals surface area contributed by atoms with Gasteiger partial charge >= 0.3 is 0 Å². The maximum atomic E-state index is 12.1. The molecular formula is C25H25N2O2. The molecular weight excluding hydrogens is 360 g/mol. The van der Waals surface area contributed by atoms with Gasteiger partial charge in [0, 0.05) is 22.9 Å². The van der Waals surface area contributed by atoms with Gasteiger partial charge < -0.3 is 15.0 Å². The summed E-state index contributed by atoms with van der Waals surface area (Å²) in [5.41, 5.74) is 10.7. The monoisotopic (exact) mass is 385 g/mol. The van der Waals surface area contributed by atoms with Crippen molar-refractivity contribution in [3.8, 4) is 5.75 Å². The molecule has 4 nitrogen and oxygen atoms in total. The Morgan fingerprint density at radius 3 is 2.69 bits per heavy atom. The number of unbranched alkanes of at least 4 members (excludes halogenated alkanes) is 1. The molecule has 3 aromatic carbocycles. The molecule has 0 aliphatic heterocycles. The third-order valence-electron chi connectivity index (χ3n) is 5.41. The van der Waals surface area contributed by atoms with Gasteiger partial charge in [0.1, 0.15) is 5.75 Å². The fourth-order valence-electron chi connectivity index (χ4n) is 3.95. The van der Waals surface area contributed by atoms with E-state index in [0.29, 0.717) is 12.1 Å². The zero-order valence-corrected chi connectivity index (χ0v) is 16.9. The number of carbonyl (C=O) groups is 1. The van der Waals surface area contributed by atoms with E-state index in [1.54, 1.807) is 13.2 Å². The molecule has 0 bridgehead atoms. The van der Waals surface area contributed by atoms with Gasteiger partial charge in [-0.15, -0.1) is 0 Å². The molecule has 4 rings (SSSR count). The normalized spacial score (nSPS) is 11.2. The molecule has 1 heterocycles. The standard InChI is InChI=1S/C25H25N2O2/c1-3-4-7-17-12-13-20-23(15-17)27(16-18-8-5-9-19(14-18)29-2)22-11-6-10-21(24(20)22)25(26)28/h5-6,8-12,14-15H,3-4,7,16H2,1-2H3,(H2,26,28). The van der Waals surface area contributed by atoms with Crippen molar-refractivity contribution in [1.82, 2.24) is 4.57 Å². The minimum absolute atomic E-state index is 0.417. The number of rotatable bonds is 7. The van der Waals surface area contributed by atoms with Gasteiger partial charge in [0.15, 0.2) is 0 Å². The Bertz CT molecular complexity index is 1190. The van der Waals surface area contributed by atoms with Gasteiger partial charge in [0.2, 0.25) is 5.91 Å². The number of primary amides is 1. The first-order chi connectivity index (χ1) is 14.1. The second-order valence-electron chi connectivity index (χ2n) is 7.37. The van der Waals surface area contributed by atoms with Crippen molar-refractivity contribution >= 4 is 27.7 Å². The quantitative estimate of drug-likeness (QED) is 0.481. The lowest BCUT2D eigenvalue weighted by Gasteiger charge is -2.10. The second-order valence-corrected chi connectivity index (χ2v) is 7.37. The summed E-state index contributed by atoms with van der Waals surface area (Å²) in [5.74, 6) is 0.413. The molecule has 0 aliphatic rings. The Morgan fingerprint density at radius 2 is 1.93 bits per heavy atom. The van der Waals surface area contributed by atoms with Crippen LogP contribution in [0.5, 0.6) is 5.75 Å². The van der Waals surface area contributed by atoms with E-state index in [0.717, 1.165) is 52.4 Å². The Hall–Kier alpha value is -3.27. The van der Waals surface area contributed by atoms with Crippen molar-refractivity contribution in [2.75, 3.05) is 7.11 Å². The molecule has 1 radical (unpaired) electrons. The lowest BCUT2D eigenvalue weighted by Crippen LogP contribution is -2.11. The van der Waals surface area contributed by atoms with E-state index in [4.69, 9.17) is 10.5 Å². The van der Waals surface area contributed by atoms with E-state index in [-0.39, 0.29) is 0 Å². The van der Waals surface area contributed by atoms with Gasteiger partial charge in [-0.05, 0) is 60.4 Å². The fourth-order valence-corrected chi connectivity index (χ4v) is 3.95. The number of nitrogens with two attached hydrogens (primary N) is 1. The van der Waals surface area contributed by atoms with Crippen LogP contribution in [0.3, 0.4) is 0 Å². The van der Waals surface area contributed by atoms with Crippen molar-refractivity contribution in [3.63, 3.8) is 0 Å². The Morgan fingerprint density at radius 1 is 1.10 bits per heavy atom. The molecule has 0 spiro atoms. The number of carbonyl (C=O) groups excluding carboxylic acids is 1. The number of benzene rings is 3. The van der Waals surface area contributed by atoms with Gasteiger partial charge in [-0.1, -0.05) is 37.6 Å². The number of methoxy groups -OCH3 is 1. The molecule has 0 atom stereocenters. The summed E-state index contributed by atoms with van der Waals surface area (Å²) >= 11 is 0. The number of ether oxygens (including phenoxy) is 1. The predicted octanol–water partition coefficient (Wildman–Crippen LogP) is 5.09. The first kappa shape index (κ1) is 19.1. The molecule has 29 heavy (non-hydrogen) atoms. The molecule has 147 valence electrons. The minimum Gasteiger partial charge on any atom is -0.497 e. The predicted molar refractivity (Wildman–Crippen MR) is 118 cm³/mol. The van der Waals surface area contributed by atoms with Gasteiger partial charge in [-0.3, -0.25) is 4.79 Å². The number of hydrogen-bond acceptors (Lipinski definition) is 2. The number of aromatic nitrogens is 1. The summed E-state index contributed by atoms with van der Waals surface area (Å²) in [6.07, 6.45) is 3.31. The van der Waals surface area contributed by atoms with Crippen LogP contribution in [0.1, 0.15) is 41.3 Å². The van der Waals surface area contributed by atoms with Crippen molar-refractivity contribution in [3.05, 3.63) is 77.4 Å². The average Bonchev–Trinajstić information content (AvgIpc) is 3.05. The van der Waals surface area contributed by atoms with Gasteiger partial charge in [-0.25, -0.2) is 0 Å². The third-order valence-corrected chi connectivity index (χ3v) is 5.41. The smallest absolute Gasteiger partial charge is 0.249 e. The highest BCUT2D eigenvalue weighted by Crippen LogP contribution is 2.33. The lowest BCUT2D eigenvalue weighted by atomic mass is 10.0. The molecule has 0 fully saturated rings. The maximum Gasteiger partial charge on any atom is 0.249 e. The largest absolute Gasteiger partial charge is 0.497 e. The molecule has 0 unspecified atom stereocenters. The molecule has 1 aromatic heterocycles. The molecule has 4 heteroatoms. The van der Waals surface area contributed by atoms with E-state index in [9.17, 15) is 4.79 Å². The highest BCUT2D eigenvalue weighted by Gasteiger charge is 2.17. The Balaban J connectivity index is 1.95. The van der Waals surface area contributed by atoms with Crippen LogP contribution in [0.25, 0.3) is 21.8 Å². The van der Waals surface area contributed by atoms with Crippen LogP contribution in [-0.4, -0.2) is 17.6 Å². The Kier molecular flexibility index (Phi) is 5.26. The topological polar surface area (TPSA) is 57.2 Å². The second kappa shape index (κ2) is 8.00. The SMILES string of the molecule is CCCCc1c[c]c2c3c(C(N)=O)cccc3n(Cc3cccc(OC)c3)c2c1. The van der Waals surface area contributed by atoms with E-state index in [1.165, 1.54) is 5.56 Å². The number of amides is 1. The van der Waals surface area contributed by atoms with Crippen LogP contribution < -0.4 is 10.5 Å². The van der Waals surface area contributed by atoms with Crippen molar-refractivity contribution in [2.24, 2.45) is 5.73 Å². The van der Waals surface area contributed by atoms with Crippen LogP contribution >= 0.6 is 0 Å². The zero-order valence-electron chi connectivity index (χ0n) is 16.9. The lowest BCUT2D eigenvalue weighted by molar-refractivity contribution is 0.100. The number of nitrogens with zero attached hydrogens (tertiary/aromatic N) is 1. The van der Waals surface area contributed by atoms with E-state index < -0.39 is 5.91 Å². The summed E-state index contributed by atoms with van der Waals surface area (Å²) in [6.45, 7) is 2.87. The van der Waals surface area contributed by atoms with E-state index in [2.05, 4.69) is 29.7 Å². The highest BCUT2D eigenvalue weighted by atomic mass is 16.5. The van der Waals surface area contributed by atoms with E-state index in [1.807, 2.05) is 36.4 Å². The molecule has 0 saturated heterocycles. The third kappa shape index (κ3) is 3.58. The fraction of sp³-hybridized carbons (Fsp3) is 0.240. The summed E-state index contributed by atoms with van der Waals surface area (Å²) < 4.78 is 7.63. The maximum absolute atomic E-state index is 12.1. The molecule has 0 saturated carbocycles. The summed E-state index contributed by atoms with van der Waals surface area (Å²) in [5, 5.41) is 1.82. The van der Waals surface area contributed by atoms with Crippen LogP contribution in [-0.2, 0) is 13.0 Å². The molecule has 4 aromatic rings. The van der Waals surface area contributed by atoms with Crippen LogP contribution in [0.4, 0.5) is 0 Å². The molecule has 1 amide bonds. The van der Waals surface area contributed by atoms with Crippen molar-refractivity contribution in [2.45, 2.75) is 32.7 Å². The van der Waals surface area contributed by atoms with Crippen LogP contribution in [0.2, 0.25) is 0 Å². The average molecular weight is 385 g/mol. The Labute approximate surface area is 170 Å². The minimum atomic E-state index is -0.417. The first-order valence-corrected chi connectivity index (χ1v) is 10.0. The summed E-state index contributed by atoms with van der Waals surface area (Å²) in [7, 11) is 1.67. The van der Waals surface area contributed by atoms with Gasteiger partial charge in [0.25, 0.3) is 0 Å². The summed E-state index contributed by atoms with van der Waals surface area (Å²) in [4.78, 5) is 12.1. The number of hydrogen-bond donors (Lipinski definition) is 1. The van der Waals surface area contributed by atoms with Crippen LogP contribution in [0.15, 0.2) is 54.6 Å². The highest BCUT2D eigenvalue weighted by molar-refractivity contribution is 6.17. The number of aryl methyl sites for hydroxylation is 1. The first-order valence-electron chi connectivity index (χ1n) is 10.0. The van der Waals surface area contributed by atoms with Gasteiger partial charge in [-0.2, -0.15) is 0 Å². The zero-order chi connectivity index (χ0) is 20.4.